The summed E-state index contributed by atoms with van der Waals surface area (Å²) in [6, 6.07) is 13.8. The third kappa shape index (κ3) is 6.32. The van der Waals surface area contributed by atoms with Gasteiger partial charge in [0.2, 0.25) is 5.91 Å². The van der Waals surface area contributed by atoms with E-state index >= 15 is 0 Å². The van der Waals surface area contributed by atoms with Gasteiger partial charge in [-0.2, -0.15) is 0 Å². The highest BCUT2D eigenvalue weighted by Crippen LogP contribution is 2.18. The minimum atomic E-state index is -3.75. The van der Waals surface area contributed by atoms with Crippen molar-refractivity contribution in [3.63, 3.8) is 0 Å². The van der Waals surface area contributed by atoms with Crippen LogP contribution in [0.25, 0.3) is 0 Å². The van der Waals surface area contributed by atoms with E-state index in [-0.39, 0.29) is 23.8 Å². The van der Waals surface area contributed by atoms with Crippen molar-refractivity contribution in [1.82, 2.24) is 4.72 Å². The van der Waals surface area contributed by atoms with Crippen molar-refractivity contribution in [2.24, 2.45) is 4.99 Å². The van der Waals surface area contributed by atoms with Crippen LogP contribution < -0.4 is 14.8 Å². The number of carbonyl (C=O) groups excluding carboxylic acids is 1. The zero-order valence-corrected chi connectivity index (χ0v) is 17.9. The molecule has 30 heavy (non-hydrogen) atoms. The number of benzene rings is 2. The SMILES string of the molecule is Cc1ccccc1OCCC(=O)Nc1cccc(S(=O)(=O)NC2=NCCCCC2)c1. The van der Waals surface area contributed by atoms with Crippen LogP contribution in [-0.4, -0.2) is 33.3 Å². The Kier molecular flexibility index (Phi) is 7.46. The van der Waals surface area contributed by atoms with E-state index in [9.17, 15) is 13.2 Å². The number of hydrogen-bond donors (Lipinski definition) is 2. The summed E-state index contributed by atoms with van der Waals surface area (Å²) in [7, 11) is -3.75. The normalized spacial score (nSPS) is 14.4. The Labute approximate surface area is 177 Å². The van der Waals surface area contributed by atoms with E-state index in [1.807, 2.05) is 31.2 Å². The second kappa shape index (κ2) is 10.2. The number of nitrogens with one attached hydrogen (secondary N) is 2. The Morgan fingerprint density at radius 3 is 2.77 bits per heavy atom. The van der Waals surface area contributed by atoms with Gasteiger partial charge in [-0.3, -0.25) is 14.5 Å². The minimum Gasteiger partial charge on any atom is -0.493 e. The predicted molar refractivity (Wildman–Crippen MR) is 117 cm³/mol. The van der Waals surface area contributed by atoms with Gasteiger partial charge in [0, 0.05) is 18.7 Å². The molecule has 2 N–H and O–H groups in total. The van der Waals surface area contributed by atoms with E-state index < -0.39 is 10.0 Å². The number of aliphatic imine (C=N–C) groups is 1. The monoisotopic (exact) mass is 429 g/mol. The molecule has 7 nitrogen and oxygen atoms in total. The van der Waals surface area contributed by atoms with Crippen molar-refractivity contribution in [3.05, 3.63) is 54.1 Å². The fraction of sp³-hybridized carbons (Fsp3) is 0.364. The Balaban J connectivity index is 1.57. The van der Waals surface area contributed by atoms with Crippen molar-refractivity contribution in [2.75, 3.05) is 18.5 Å². The molecule has 1 amide bonds. The zero-order valence-electron chi connectivity index (χ0n) is 17.1. The first-order valence-electron chi connectivity index (χ1n) is 10.1. The van der Waals surface area contributed by atoms with Gasteiger partial charge in [0.1, 0.15) is 11.6 Å². The average molecular weight is 430 g/mol. The molecule has 1 aliphatic rings. The number of aryl methyl sites for hydroxylation is 1. The lowest BCUT2D eigenvalue weighted by atomic mass is 10.2. The van der Waals surface area contributed by atoms with E-state index in [1.165, 1.54) is 12.1 Å². The van der Waals surface area contributed by atoms with Crippen molar-refractivity contribution >= 4 is 27.5 Å². The van der Waals surface area contributed by atoms with Crippen LogP contribution in [0.2, 0.25) is 0 Å². The molecule has 0 aliphatic carbocycles. The summed E-state index contributed by atoms with van der Waals surface area (Å²) in [4.78, 5) is 16.6. The lowest BCUT2D eigenvalue weighted by molar-refractivity contribution is -0.116. The van der Waals surface area contributed by atoms with Gasteiger partial charge in [-0.15, -0.1) is 0 Å². The van der Waals surface area contributed by atoms with Crippen molar-refractivity contribution in [3.8, 4) is 5.75 Å². The maximum absolute atomic E-state index is 12.7. The molecule has 0 fully saturated rings. The first-order valence-corrected chi connectivity index (χ1v) is 11.6. The smallest absolute Gasteiger partial charge is 0.262 e. The molecule has 2 aromatic rings. The number of hydrogen-bond acceptors (Lipinski definition) is 5. The van der Waals surface area contributed by atoms with Crippen LogP contribution in [0.4, 0.5) is 5.69 Å². The number of amidine groups is 1. The van der Waals surface area contributed by atoms with Gasteiger partial charge in [-0.1, -0.05) is 30.7 Å². The third-order valence-corrected chi connectivity index (χ3v) is 6.11. The molecule has 1 aliphatic heterocycles. The first-order chi connectivity index (χ1) is 14.4. The molecule has 0 aromatic heterocycles. The van der Waals surface area contributed by atoms with Crippen LogP contribution in [0, 0.1) is 6.92 Å². The fourth-order valence-corrected chi connectivity index (χ4v) is 4.24. The summed E-state index contributed by atoms with van der Waals surface area (Å²) in [6.45, 7) is 2.81. The van der Waals surface area contributed by atoms with Gasteiger partial charge >= 0.3 is 0 Å². The largest absolute Gasteiger partial charge is 0.493 e. The molecule has 0 saturated heterocycles. The maximum Gasteiger partial charge on any atom is 0.262 e. The van der Waals surface area contributed by atoms with Gasteiger partial charge in [0.05, 0.1) is 17.9 Å². The number of para-hydroxylation sites is 1. The second-order valence-electron chi connectivity index (χ2n) is 7.18. The lowest BCUT2D eigenvalue weighted by Gasteiger charge is -2.12. The molecule has 0 bridgehead atoms. The fourth-order valence-electron chi connectivity index (χ4n) is 3.11. The average Bonchev–Trinajstić information content (AvgIpc) is 2.98. The summed E-state index contributed by atoms with van der Waals surface area (Å²) in [5, 5.41) is 2.73. The zero-order chi connectivity index (χ0) is 21.4. The molecule has 0 unspecified atom stereocenters. The van der Waals surface area contributed by atoms with Gasteiger partial charge in [0.15, 0.2) is 0 Å². The molecule has 0 radical (unpaired) electrons. The number of nitrogens with zero attached hydrogens (tertiary/aromatic N) is 1. The van der Waals surface area contributed by atoms with Gasteiger partial charge < -0.3 is 10.1 Å². The summed E-state index contributed by atoms with van der Waals surface area (Å²) in [5.74, 6) is 0.986. The number of carbonyl (C=O) groups is 1. The highest BCUT2D eigenvalue weighted by Gasteiger charge is 2.18. The lowest BCUT2D eigenvalue weighted by Crippen LogP contribution is -2.30. The molecule has 160 valence electrons. The van der Waals surface area contributed by atoms with Crippen LogP contribution >= 0.6 is 0 Å². The van der Waals surface area contributed by atoms with Crippen molar-refractivity contribution < 1.29 is 17.9 Å². The number of sulfonamides is 1. The van der Waals surface area contributed by atoms with E-state index in [2.05, 4.69) is 15.0 Å². The highest BCUT2D eigenvalue weighted by molar-refractivity contribution is 7.90. The molecule has 0 atom stereocenters. The molecule has 1 heterocycles. The van der Waals surface area contributed by atoms with Gasteiger partial charge in [0.25, 0.3) is 10.0 Å². The van der Waals surface area contributed by atoms with Crippen LogP contribution in [0.3, 0.4) is 0 Å². The third-order valence-electron chi connectivity index (χ3n) is 4.73. The van der Waals surface area contributed by atoms with E-state index in [4.69, 9.17) is 4.74 Å². The maximum atomic E-state index is 12.7. The number of rotatable bonds is 7. The Morgan fingerprint density at radius 1 is 1.10 bits per heavy atom. The van der Waals surface area contributed by atoms with Crippen LogP contribution in [0.1, 0.15) is 37.7 Å². The second-order valence-corrected chi connectivity index (χ2v) is 8.87. The summed E-state index contributed by atoms with van der Waals surface area (Å²) >= 11 is 0. The molecule has 0 spiro atoms. The molecular weight excluding hydrogens is 402 g/mol. The molecule has 3 rings (SSSR count). The standard InChI is InChI=1S/C22H27N3O4S/c1-17-8-4-5-11-20(17)29-15-13-22(26)24-18-9-7-10-19(16-18)30(27,28)25-21-12-3-2-6-14-23-21/h4-5,7-11,16H,2-3,6,12-15H2,1H3,(H,23,25)(H,24,26). The van der Waals surface area contributed by atoms with Crippen molar-refractivity contribution in [1.29, 1.82) is 0 Å². The summed E-state index contributed by atoms with van der Waals surface area (Å²) < 4.78 is 33.6. The predicted octanol–water partition coefficient (Wildman–Crippen LogP) is 3.65. The Hall–Kier alpha value is -2.87. The van der Waals surface area contributed by atoms with Crippen LogP contribution in [-0.2, 0) is 14.8 Å². The summed E-state index contributed by atoms with van der Waals surface area (Å²) in [5.41, 5.74) is 1.42. The van der Waals surface area contributed by atoms with Crippen LogP contribution in [0.15, 0.2) is 58.4 Å². The molecule has 8 heteroatoms. The van der Waals surface area contributed by atoms with Gasteiger partial charge in [-0.05, 0) is 49.6 Å². The Bertz CT molecular complexity index is 1020. The van der Waals surface area contributed by atoms with E-state index in [0.717, 1.165) is 30.6 Å². The van der Waals surface area contributed by atoms with E-state index in [0.29, 0.717) is 24.5 Å². The topological polar surface area (TPSA) is 96.9 Å². The first kappa shape index (κ1) is 21.8. The number of ether oxygens (including phenoxy) is 1. The van der Waals surface area contributed by atoms with E-state index in [1.54, 1.807) is 12.1 Å². The quantitative estimate of drug-likeness (QED) is 0.702. The molecular formula is C22H27N3O4S. The minimum absolute atomic E-state index is 0.0865. The van der Waals surface area contributed by atoms with Crippen LogP contribution in [0.5, 0.6) is 5.75 Å². The molecule has 0 saturated carbocycles. The number of anilines is 1. The highest BCUT2D eigenvalue weighted by atomic mass is 32.2. The Morgan fingerprint density at radius 2 is 1.93 bits per heavy atom. The number of amides is 1. The molecule has 2 aromatic carbocycles. The summed E-state index contributed by atoms with van der Waals surface area (Å²) in [6.07, 6.45) is 3.71. The van der Waals surface area contributed by atoms with Gasteiger partial charge in [-0.25, -0.2) is 8.42 Å². The van der Waals surface area contributed by atoms with Crippen molar-refractivity contribution in [2.45, 2.75) is 43.9 Å².